The van der Waals surface area contributed by atoms with E-state index in [4.69, 9.17) is 0 Å². The molecule has 1 aliphatic carbocycles. The zero-order chi connectivity index (χ0) is 19.4. The molecule has 0 radical (unpaired) electrons. The van der Waals surface area contributed by atoms with Crippen LogP contribution >= 0.6 is 0 Å². The Kier molecular flexibility index (Phi) is 5.57. The Morgan fingerprint density at radius 1 is 1.00 bits per heavy atom. The van der Waals surface area contributed by atoms with Crippen LogP contribution in [0, 0.1) is 0 Å². The molecule has 2 aromatic carbocycles. The van der Waals surface area contributed by atoms with Crippen LogP contribution in [0.4, 0.5) is 5.69 Å². The molecular weight excluding hydrogens is 366 g/mol. The number of anilines is 1. The highest BCUT2D eigenvalue weighted by atomic mass is 32.2. The minimum atomic E-state index is -3.56. The van der Waals surface area contributed by atoms with E-state index in [0.29, 0.717) is 16.8 Å². The molecule has 3 N–H and O–H groups in total. The molecule has 1 saturated carbocycles. The first-order valence-electron chi connectivity index (χ1n) is 8.71. The lowest BCUT2D eigenvalue weighted by Crippen LogP contribution is -2.25. The van der Waals surface area contributed by atoms with Gasteiger partial charge in [0, 0.05) is 29.4 Å². The molecule has 0 atom stereocenters. The first-order chi connectivity index (χ1) is 12.9. The molecule has 2 aromatic rings. The molecule has 2 amide bonds. The van der Waals surface area contributed by atoms with E-state index in [0.717, 1.165) is 12.8 Å². The second-order valence-electron chi connectivity index (χ2n) is 6.31. The molecule has 27 heavy (non-hydrogen) atoms. The van der Waals surface area contributed by atoms with Gasteiger partial charge in [0.1, 0.15) is 0 Å². The van der Waals surface area contributed by atoms with E-state index in [2.05, 4.69) is 15.4 Å². The van der Waals surface area contributed by atoms with Crippen molar-refractivity contribution in [2.24, 2.45) is 0 Å². The van der Waals surface area contributed by atoms with Crippen molar-refractivity contribution in [1.82, 2.24) is 10.0 Å². The lowest BCUT2D eigenvalue weighted by molar-refractivity contribution is 0.0949. The molecule has 0 saturated heterocycles. The van der Waals surface area contributed by atoms with Crippen LogP contribution in [-0.4, -0.2) is 32.8 Å². The molecule has 8 heteroatoms. The first kappa shape index (κ1) is 19.1. The molecule has 142 valence electrons. The third-order valence-electron chi connectivity index (χ3n) is 4.06. The molecular formula is C19H21N3O4S. The lowest BCUT2D eigenvalue weighted by atomic mass is 10.1. The SMILES string of the molecule is CCNS(=O)(=O)c1ccc(C(=O)Nc2cccc(C(=O)NC3CC3)c2)cc1. The van der Waals surface area contributed by atoms with E-state index < -0.39 is 10.0 Å². The summed E-state index contributed by atoms with van der Waals surface area (Å²) in [6.45, 7) is 1.98. The second-order valence-corrected chi connectivity index (χ2v) is 8.08. The Labute approximate surface area is 158 Å². The van der Waals surface area contributed by atoms with Gasteiger partial charge in [-0.2, -0.15) is 0 Å². The van der Waals surface area contributed by atoms with Crippen molar-refractivity contribution in [3.63, 3.8) is 0 Å². The predicted octanol–water partition coefficient (Wildman–Crippen LogP) is 2.13. The van der Waals surface area contributed by atoms with E-state index in [1.54, 1.807) is 31.2 Å². The number of benzene rings is 2. The van der Waals surface area contributed by atoms with Crippen LogP contribution in [0.1, 0.15) is 40.5 Å². The Morgan fingerprint density at radius 2 is 1.70 bits per heavy atom. The van der Waals surface area contributed by atoms with E-state index in [-0.39, 0.29) is 29.3 Å². The number of sulfonamides is 1. The Bertz CT molecular complexity index is 951. The summed E-state index contributed by atoms with van der Waals surface area (Å²) in [5.74, 6) is -0.547. The van der Waals surface area contributed by atoms with Crippen molar-refractivity contribution in [1.29, 1.82) is 0 Å². The molecule has 1 fully saturated rings. The smallest absolute Gasteiger partial charge is 0.255 e. The van der Waals surface area contributed by atoms with Gasteiger partial charge in [0.2, 0.25) is 10.0 Å². The molecule has 3 rings (SSSR count). The average molecular weight is 387 g/mol. The highest BCUT2D eigenvalue weighted by molar-refractivity contribution is 7.89. The van der Waals surface area contributed by atoms with Gasteiger partial charge in [0.15, 0.2) is 0 Å². The van der Waals surface area contributed by atoms with Crippen molar-refractivity contribution in [3.8, 4) is 0 Å². The van der Waals surface area contributed by atoms with Crippen molar-refractivity contribution in [2.45, 2.75) is 30.7 Å². The first-order valence-corrected chi connectivity index (χ1v) is 10.2. The lowest BCUT2D eigenvalue weighted by Gasteiger charge is -2.09. The van der Waals surface area contributed by atoms with Crippen molar-refractivity contribution < 1.29 is 18.0 Å². The van der Waals surface area contributed by atoms with Gasteiger partial charge in [0.25, 0.3) is 11.8 Å². The summed E-state index contributed by atoms with van der Waals surface area (Å²) in [6, 6.07) is 12.6. The minimum absolute atomic E-state index is 0.0969. The molecule has 1 aliphatic rings. The topological polar surface area (TPSA) is 104 Å². The fraction of sp³-hybridized carbons (Fsp3) is 0.263. The molecule has 0 aliphatic heterocycles. The summed E-state index contributed by atoms with van der Waals surface area (Å²) in [6.07, 6.45) is 2.00. The van der Waals surface area contributed by atoms with Crippen LogP contribution in [0.2, 0.25) is 0 Å². The van der Waals surface area contributed by atoms with E-state index >= 15 is 0 Å². The minimum Gasteiger partial charge on any atom is -0.349 e. The van der Waals surface area contributed by atoms with Crippen LogP contribution in [0.5, 0.6) is 0 Å². The van der Waals surface area contributed by atoms with Crippen LogP contribution in [-0.2, 0) is 10.0 Å². The number of hydrogen-bond donors (Lipinski definition) is 3. The number of nitrogens with one attached hydrogen (secondary N) is 3. The number of amides is 2. The van der Waals surface area contributed by atoms with Crippen molar-refractivity contribution in [2.75, 3.05) is 11.9 Å². The highest BCUT2D eigenvalue weighted by Gasteiger charge is 2.23. The molecule has 0 aromatic heterocycles. The van der Waals surface area contributed by atoms with E-state index in [1.165, 1.54) is 24.3 Å². The van der Waals surface area contributed by atoms with Gasteiger partial charge in [-0.05, 0) is 55.3 Å². The maximum atomic E-state index is 12.4. The number of rotatable bonds is 7. The summed E-state index contributed by atoms with van der Waals surface area (Å²) >= 11 is 0. The van der Waals surface area contributed by atoms with Crippen LogP contribution in [0.3, 0.4) is 0 Å². The third kappa shape index (κ3) is 4.93. The van der Waals surface area contributed by atoms with Gasteiger partial charge in [-0.1, -0.05) is 13.0 Å². The Hall–Kier alpha value is -2.71. The summed E-state index contributed by atoms with van der Waals surface area (Å²) in [4.78, 5) is 24.6. The van der Waals surface area contributed by atoms with Gasteiger partial charge in [-0.25, -0.2) is 13.1 Å². The second kappa shape index (κ2) is 7.89. The zero-order valence-corrected chi connectivity index (χ0v) is 15.7. The predicted molar refractivity (Wildman–Crippen MR) is 102 cm³/mol. The summed E-state index contributed by atoms with van der Waals surface area (Å²) in [5, 5.41) is 5.62. The van der Waals surface area contributed by atoms with Gasteiger partial charge in [-0.15, -0.1) is 0 Å². The van der Waals surface area contributed by atoms with Crippen LogP contribution in [0.25, 0.3) is 0 Å². The van der Waals surface area contributed by atoms with Gasteiger partial charge in [0.05, 0.1) is 4.90 Å². The Morgan fingerprint density at radius 3 is 2.33 bits per heavy atom. The van der Waals surface area contributed by atoms with Gasteiger partial charge < -0.3 is 10.6 Å². The molecule has 0 spiro atoms. The van der Waals surface area contributed by atoms with Crippen LogP contribution < -0.4 is 15.4 Å². The molecule has 7 nitrogen and oxygen atoms in total. The van der Waals surface area contributed by atoms with Gasteiger partial charge >= 0.3 is 0 Å². The summed E-state index contributed by atoms with van der Waals surface area (Å²) < 4.78 is 26.3. The molecule has 0 unspecified atom stereocenters. The van der Waals surface area contributed by atoms with Crippen LogP contribution in [0.15, 0.2) is 53.4 Å². The normalized spacial score (nSPS) is 13.8. The number of carbonyl (C=O) groups is 2. The maximum absolute atomic E-state index is 12.4. The number of carbonyl (C=O) groups excluding carboxylic acids is 2. The fourth-order valence-corrected chi connectivity index (χ4v) is 3.54. The van der Waals surface area contributed by atoms with Gasteiger partial charge in [-0.3, -0.25) is 9.59 Å². The summed E-state index contributed by atoms with van der Waals surface area (Å²) in [5.41, 5.74) is 1.29. The van der Waals surface area contributed by atoms with E-state index in [1.807, 2.05) is 0 Å². The fourth-order valence-electron chi connectivity index (χ4n) is 2.50. The largest absolute Gasteiger partial charge is 0.349 e. The van der Waals surface area contributed by atoms with E-state index in [9.17, 15) is 18.0 Å². The Balaban J connectivity index is 1.69. The molecule has 0 bridgehead atoms. The van der Waals surface area contributed by atoms with Crippen molar-refractivity contribution >= 4 is 27.5 Å². The number of hydrogen-bond acceptors (Lipinski definition) is 4. The quantitative estimate of drug-likeness (QED) is 0.677. The highest BCUT2D eigenvalue weighted by Crippen LogP contribution is 2.20. The standard InChI is InChI=1S/C19H21N3O4S/c1-2-20-27(25,26)17-10-6-13(7-11-17)18(23)22-16-5-3-4-14(12-16)19(24)21-15-8-9-15/h3-7,10-12,15,20H,2,8-9H2,1H3,(H,21,24)(H,22,23). The maximum Gasteiger partial charge on any atom is 0.255 e. The average Bonchev–Trinajstić information content (AvgIpc) is 3.46. The molecule has 0 heterocycles. The third-order valence-corrected chi connectivity index (χ3v) is 5.62. The van der Waals surface area contributed by atoms with Crippen molar-refractivity contribution in [3.05, 3.63) is 59.7 Å². The summed E-state index contributed by atoms with van der Waals surface area (Å²) in [7, 11) is -3.56. The zero-order valence-electron chi connectivity index (χ0n) is 14.9. The monoisotopic (exact) mass is 387 g/mol.